The van der Waals surface area contributed by atoms with Gasteiger partial charge in [0.2, 0.25) is 5.82 Å². The minimum atomic E-state index is -0.623. The number of nitrogens with zero attached hydrogens (tertiary/aromatic N) is 3. The highest BCUT2D eigenvalue weighted by Crippen LogP contribution is 1.88. The average Bonchev–Trinajstić information content (AvgIpc) is 2.74. The van der Waals surface area contributed by atoms with Crippen LogP contribution in [0, 0.1) is 0 Å². The molecule has 0 saturated heterocycles. The molecule has 0 radical (unpaired) electrons. The smallest absolute Gasteiger partial charge is 0.342 e. The Morgan fingerprint density at radius 3 is 3.00 bits per heavy atom. The summed E-state index contributed by atoms with van der Waals surface area (Å²) in [5, 5.41) is 12.5. The molecule has 8 nitrogen and oxygen atoms in total. The Balaban J connectivity index is 1.95. The van der Waals surface area contributed by atoms with Crippen LogP contribution in [0.25, 0.3) is 0 Å². The number of aromatic nitrogens is 5. The van der Waals surface area contributed by atoms with E-state index in [2.05, 4.69) is 25.6 Å². The lowest BCUT2D eigenvalue weighted by Gasteiger charge is -2.03. The van der Waals surface area contributed by atoms with Crippen molar-refractivity contribution >= 4 is 5.82 Å². The monoisotopic (exact) mass is 222 g/mol. The molecule has 2 aromatic rings. The van der Waals surface area contributed by atoms with Crippen molar-refractivity contribution in [3.63, 3.8) is 0 Å². The molecule has 8 heteroatoms. The van der Waals surface area contributed by atoms with Crippen molar-refractivity contribution in [2.75, 3.05) is 11.9 Å². The molecule has 0 aliphatic heterocycles. The highest BCUT2D eigenvalue weighted by atomic mass is 16.2. The van der Waals surface area contributed by atoms with Crippen LogP contribution in [0.1, 0.15) is 0 Å². The van der Waals surface area contributed by atoms with Crippen LogP contribution in [0.15, 0.2) is 28.0 Å². The van der Waals surface area contributed by atoms with Crippen LogP contribution in [0.3, 0.4) is 0 Å². The molecule has 0 fully saturated rings. The highest BCUT2D eigenvalue weighted by molar-refractivity contribution is 5.28. The van der Waals surface area contributed by atoms with Crippen LogP contribution >= 0.6 is 0 Å². The first-order valence-electron chi connectivity index (χ1n) is 4.66. The Bertz CT molecular complexity index is 554. The lowest BCUT2D eigenvalue weighted by atomic mass is 10.6. The zero-order valence-electron chi connectivity index (χ0n) is 8.30. The van der Waals surface area contributed by atoms with Gasteiger partial charge in [0.15, 0.2) is 0 Å². The first-order chi connectivity index (χ1) is 7.75. The molecule has 84 valence electrons. The van der Waals surface area contributed by atoms with E-state index in [0.717, 1.165) is 0 Å². The number of nitrogens with one attached hydrogen (secondary N) is 3. The second kappa shape index (κ2) is 4.43. The number of rotatable bonds is 4. The summed E-state index contributed by atoms with van der Waals surface area (Å²) in [7, 11) is 0. The Hall–Kier alpha value is -2.38. The van der Waals surface area contributed by atoms with Crippen LogP contribution in [0.5, 0.6) is 0 Å². The minimum Gasteiger partial charge on any atom is -0.362 e. The lowest BCUT2D eigenvalue weighted by Crippen LogP contribution is -2.27. The molecule has 0 atom stereocenters. The molecule has 2 heterocycles. The Kier molecular flexibility index (Phi) is 2.81. The van der Waals surface area contributed by atoms with E-state index in [0.29, 0.717) is 13.1 Å². The van der Waals surface area contributed by atoms with Crippen molar-refractivity contribution in [1.29, 1.82) is 0 Å². The third-order valence-corrected chi connectivity index (χ3v) is 1.90. The Morgan fingerprint density at radius 1 is 1.44 bits per heavy atom. The van der Waals surface area contributed by atoms with Gasteiger partial charge in [0.05, 0.1) is 6.54 Å². The summed E-state index contributed by atoms with van der Waals surface area (Å²) >= 11 is 0. The van der Waals surface area contributed by atoms with Gasteiger partial charge >= 0.3 is 5.69 Å². The van der Waals surface area contributed by atoms with E-state index in [1.165, 1.54) is 0 Å². The zero-order valence-corrected chi connectivity index (χ0v) is 8.30. The van der Waals surface area contributed by atoms with Crippen LogP contribution < -0.4 is 16.6 Å². The molecule has 0 saturated carbocycles. The summed E-state index contributed by atoms with van der Waals surface area (Å²) in [4.78, 5) is 24.0. The number of hydrogen-bond donors (Lipinski definition) is 3. The molecule has 0 aromatic carbocycles. The van der Waals surface area contributed by atoms with Gasteiger partial charge in [-0.1, -0.05) is 0 Å². The van der Waals surface area contributed by atoms with Crippen LogP contribution in [0.2, 0.25) is 0 Å². The molecule has 16 heavy (non-hydrogen) atoms. The van der Waals surface area contributed by atoms with Gasteiger partial charge in [-0.15, -0.1) is 5.10 Å². The maximum Gasteiger partial charge on any atom is 0.342 e. The van der Waals surface area contributed by atoms with Gasteiger partial charge in [-0.2, -0.15) is 5.10 Å². The summed E-state index contributed by atoms with van der Waals surface area (Å²) in [6.45, 7) is 1.09. The van der Waals surface area contributed by atoms with E-state index < -0.39 is 11.2 Å². The normalized spacial score (nSPS) is 10.2. The van der Waals surface area contributed by atoms with Gasteiger partial charge in [0.25, 0.3) is 5.56 Å². The largest absolute Gasteiger partial charge is 0.362 e. The molecule has 0 amide bonds. The molecular formula is C8H10N6O2. The van der Waals surface area contributed by atoms with E-state index in [1.54, 1.807) is 10.9 Å². The lowest BCUT2D eigenvalue weighted by molar-refractivity contribution is 0.635. The summed E-state index contributed by atoms with van der Waals surface area (Å²) < 4.78 is 1.72. The second-order valence-electron chi connectivity index (χ2n) is 3.05. The van der Waals surface area contributed by atoms with Crippen molar-refractivity contribution in [2.24, 2.45) is 0 Å². The standard InChI is InChI=1S/C8H10N6O2/c15-7-6(12-13-8(16)11-7)9-3-5-14-4-1-2-10-14/h1-2,4H,3,5H2,(H,9,12)(H2,11,13,15,16). The van der Waals surface area contributed by atoms with Crippen LogP contribution in [-0.2, 0) is 6.54 Å². The molecule has 0 aliphatic rings. The van der Waals surface area contributed by atoms with E-state index >= 15 is 0 Å². The van der Waals surface area contributed by atoms with Crippen molar-refractivity contribution in [3.8, 4) is 0 Å². The maximum absolute atomic E-state index is 11.2. The van der Waals surface area contributed by atoms with Crippen molar-refractivity contribution in [1.82, 2.24) is 25.0 Å². The van der Waals surface area contributed by atoms with Gasteiger partial charge in [0, 0.05) is 18.9 Å². The van der Waals surface area contributed by atoms with Gasteiger partial charge in [0.1, 0.15) is 0 Å². The summed E-state index contributed by atoms with van der Waals surface area (Å²) in [5.74, 6) is 0.0896. The number of aromatic amines is 2. The van der Waals surface area contributed by atoms with Crippen LogP contribution in [0.4, 0.5) is 5.82 Å². The van der Waals surface area contributed by atoms with Gasteiger partial charge in [-0.25, -0.2) is 9.89 Å². The minimum absolute atomic E-state index is 0.0896. The predicted octanol–water partition coefficient (Wildman–Crippen LogP) is -1.23. The topological polar surface area (TPSA) is 108 Å². The fraction of sp³-hybridized carbons (Fsp3) is 0.250. The van der Waals surface area contributed by atoms with Gasteiger partial charge in [-0.05, 0) is 6.07 Å². The molecule has 3 N–H and O–H groups in total. The van der Waals surface area contributed by atoms with Gasteiger partial charge in [-0.3, -0.25) is 14.5 Å². The fourth-order valence-corrected chi connectivity index (χ4v) is 1.19. The first kappa shape index (κ1) is 10.1. The third kappa shape index (κ3) is 2.35. The number of hydrogen-bond acceptors (Lipinski definition) is 5. The second-order valence-corrected chi connectivity index (χ2v) is 3.05. The molecular weight excluding hydrogens is 212 g/mol. The first-order valence-corrected chi connectivity index (χ1v) is 4.66. The molecule has 2 aromatic heterocycles. The maximum atomic E-state index is 11.2. The predicted molar refractivity (Wildman–Crippen MR) is 56.2 cm³/mol. The van der Waals surface area contributed by atoms with Crippen molar-refractivity contribution in [2.45, 2.75) is 6.54 Å². The van der Waals surface area contributed by atoms with Crippen molar-refractivity contribution < 1.29 is 0 Å². The van der Waals surface area contributed by atoms with E-state index in [9.17, 15) is 9.59 Å². The van der Waals surface area contributed by atoms with E-state index in [-0.39, 0.29) is 5.82 Å². The van der Waals surface area contributed by atoms with Crippen LogP contribution in [-0.4, -0.2) is 31.5 Å². The quantitative estimate of drug-likeness (QED) is 0.600. The molecule has 2 rings (SSSR count). The molecule has 0 aliphatic carbocycles. The van der Waals surface area contributed by atoms with Gasteiger partial charge < -0.3 is 5.32 Å². The number of anilines is 1. The summed E-state index contributed by atoms with van der Waals surface area (Å²) in [5.41, 5.74) is -1.16. The van der Waals surface area contributed by atoms with Crippen molar-refractivity contribution in [3.05, 3.63) is 39.3 Å². The highest BCUT2D eigenvalue weighted by Gasteiger charge is 2.00. The Morgan fingerprint density at radius 2 is 2.31 bits per heavy atom. The third-order valence-electron chi connectivity index (χ3n) is 1.90. The Labute approximate surface area is 89.3 Å². The average molecular weight is 222 g/mol. The number of H-pyrrole nitrogens is 2. The van der Waals surface area contributed by atoms with E-state index in [1.807, 2.05) is 12.3 Å². The van der Waals surface area contributed by atoms with E-state index in [4.69, 9.17) is 0 Å². The summed E-state index contributed by atoms with van der Waals surface area (Å²) in [6, 6.07) is 1.81. The summed E-state index contributed by atoms with van der Waals surface area (Å²) in [6.07, 6.45) is 3.48. The fourth-order valence-electron chi connectivity index (χ4n) is 1.19. The molecule has 0 bridgehead atoms. The molecule has 0 unspecified atom stereocenters. The SMILES string of the molecule is O=c1[nH]nc(NCCn2cccn2)c(=O)[nH]1. The zero-order chi connectivity index (χ0) is 11.4. The molecule has 0 spiro atoms.